The molecule has 0 bridgehead atoms. The van der Waals surface area contributed by atoms with E-state index in [0.29, 0.717) is 0 Å². The van der Waals surface area contributed by atoms with Crippen molar-refractivity contribution < 1.29 is 9.59 Å². The highest BCUT2D eigenvalue weighted by Crippen LogP contribution is 1.56. The molecular formula is C10H26N2O2. The van der Waals surface area contributed by atoms with E-state index in [2.05, 4.69) is 27.7 Å². The maximum atomic E-state index is 8.35. The summed E-state index contributed by atoms with van der Waals surface area (Å²) < 4.78 is 0. The van der Waals surface area contributed by atoms with E-state index in [9.17, 15) is 0 Å². The molecule has 0 amide bonds. The molecule has 0 aliphatic rings. The Balaban J connectivity index is -0.0000000145. The molecule has 2 N–H and O–H groups in total. The van der Waals surface area contributed by atoms with Crippen molar-refractivity contribution in [3.63, 3.8) is 0 Å². The molecule has 0 radical (unpaired) electrons. The third kappa shape index (κ3) is 667. The number of isocyanates is 2. The van der Waals surface area contributed by atoms with Crippen LogP contribution < -0.4 is 0 Å². The second-order valence-electron chi connectivity index (χ2n) is 1.62. The van der Waals surface area contributed by atoms with Crippen molar-refractivity contribution in [1.29, 1.82) is 10.8 Å². The molecule has 0 atom stereocenters. The molecule has 4 heteroatoms. The van der Waals surface area contributed by atoms with Crippen LogP contribution in [0.5, 0.6) is 0 Å². The van der Waals surface area contributed by atoms with E-state index in [1.807, 2.05) is 0 Å². The number of hydrogen-bond donors (Lipinski definition) is 2. The van der Waals surface area contributed by atoms with Crippen molar-refractivity contribution in [3.8, 4) is 0 Å². The van der Waals surface area contributed by atoms with Crippen LogP contribution in [0.3, 0.4) is 0 Å². The fourth-order valence-corrected chi connectivity index (χ4v) is 0. The summed E-state index contributed by atoms with van der Waals surface area (Å²) in [7, 11) is 0. The van der Waals surface area contributed by atoms with E-state index in [-0.39, 0.29) is 14.9 Å². The number of carbonyl (C=O) groups excluding carboxylic acids is 2. The maximum absolute atomic E-state index is 8.35. The van der Waals surface area contributed by atoms with E-state index in [0.717, 1.165) is 12.2 Å². The monoisotopic (exact) mass is 206 g/mol. The lowest BCUT2D eigenvalue weighted by molar-refractivity contribution is 0.562. The van der Waals surface area contributed by atoms with E-state index < -0.39 is 0 Å². The maximum Gasteiger partial charge on any atom is 0.231 e. The number of nitrogens with one attached hydrogen (secondary N) is 2. The first-order valence-electron chi connectivity index (χ1n) is 3.74. The zero-order chi connectivity index (χ0) is 10.8. The molecule has 0 rings (SSSR count). The molecule has 0 aromatic heterocycles. The van der Waals surface area contributed by atoms with Gasteiger partial charge in [-0.05, 0) is 0 Å². The minimum absolute atomic E-state index is 0. The Morgan fingerprint density at radius 1 is 0.786 bits per heavy atom. The Kier molecular flexibility index (Phi) is 493. The normalized spacial score (nSPS) is 3.71. The molecule has 0 saturated carbocycles. The molecule has 0 heterocycles. The molecule has 0 aliphatic carbocycles. The second kappa shape index (κ2) is 179. The Labute approximate surface area is 88.7 Å². The van der Waals surface area contributed by atoms with Crippen LogP contribution in [0.25, 0.3) is 0 Å². The predicted molar refractivity (Wildman–Crippen MR) is 62.2 cm³/mol. The Morgan fingerprint density at radius 2 is 0.786 bits per heavy atom. The van der Waals surface area contributed by atoms with Crippen LogP contribution >= 0.6 is 0 Å². The van der Waals surface area contributed by atoms with Gasteiger partial charge in [-0.3, -0.25) is 0 Å². The number of rotatable bonds is 0. The Morgan fingerprint density at radius 3 is 0.786 bits per heavy atom. The highest BCUT2D eigenvalue weighted by Gasteiger charge is 1.36. The van der Waals surface area contributed by atoms with Gasteiger partial charge < -0.3 is 0 Å². The molecule has 88 valence electrons. The van der Waals surface area contributed by atoms with Gasteiger partial charge in [-0.1, -0.05) is 55.4 Å². The molecule has 0 spiro atoms. The molecule has 0 aliphatic heterocycles. The van der Waals surface area contributed by atoms with Gasteiger partial charge in [-0.25, -0.2) is 20.4 Å². The summed E-state index contributed by atoms with van der Waals surface area (Å²) in [5.74, 6) is 0. The molecule has 0 aromatic rings. The molecule has 4 nitrogen and oxygen atoms in total. The quantitative estimate of drug-likeness (QED) is 0.465. The van der Waals surface area contributed by atoms with E-state index in [4.69, 9.17) is 20.4 Å². The second-order valence-corrected chi connectivity index (χ2v) is 1.62. The van der Waals surface area contributed by atoms with Crippen molar-refractivity contribution >= 4 is 12.2 Å². The van der Waals surface area contributed by atoms with Crippen LogP contribution in [0.15, 0.2) is 0 Å². The Hall–Kier alpha value is -1.24. The van der Waals surface area contributed by atoms with Crippen LogP contribution in [0.1, 0.15) is 55.4 Å². The van der Waals surface area contributed by atoms with Crippen molar-refractivity contribution in [1.82, 2.24) is 0 Å². The SMILES string of the molecule is C.C.CCC.CCC.N=C=O.N=C=O. The van der Waals surface area contributed by atoms with Gasteiger partial charge in [-0.2, -0.15) is 0 Å². The molecule has 0 aromatic carbocycles. The summed E-state index contributed by atoms with van der Waals surface area (Å²) in [5.41, 5.74) is 0. The lowest BCUT2D eigenvalue weighted by atomic mass is 10.6. The predicted octanol–water partition coefficient (Wildman–Crippen LogP) is 3.91. The van der Waals surface area contributed by atoms with E-state index >= 15 is 0 Å². The fourth-order valence-electron chi connectivity index (χ4n) is 0. The third-order valence-electron chi connectivity index (χ3n) is 0. The van der Waals surface area contributed by atoms with Crippen molar-refractivity contribution in [2.45, 2.75) is 55.4 Å². The van der Waals surface area contributed by atoms with Gasteiger partial charge >= 0.3 is 0 Å². The van der Waals surface area contributed by atoms with Crippen molar-refractivity contribution in [2.24, 2.45) is 0 Å². The highest BCUT2D eigenvalue weighted by molar-refractivity contribution is 5.26. The third-order valence-corrected chi connectivity index (χ3v) is 0. The standard InChI is InChI=1S/2C3H8.2CHNO.2CH4/c2*1-3-2;2*2-1-3;;/h2*3H2,1-2H3;2*2H;2*1H4. The molecule has 0 saturated heterocycles. The van der Waals surface area contributed by atoms with Crippen molar-refractivity contribution in [3.05, 3.63) is 0 Å². The van der Waals surface area contributed by atoms with Gasteiger partial charge in [0.25, 0.3) is 0 Å². The van der Waals surface area contributed by atoms with Gasteiger partial charge in [0.15, 0.2) is 0 Å². The zero-order valence-corrected chi connectivity index (χ0v) is 8.23. The van der Waals surface area contributed by atoms with Crippen molar-refractivity contribution in [2.75, 3.05) is 0 Å². The smallest absolute Gasteiger partial charge is 0.222 e. The summed E-state index contributed by atoms with van der Waals surface area (Å²) in [4.78, 5) is 16.7. The van der Waals surface area contributed by atoms with Gasteiger partial charge in [-0.15, -0.1) is 0 Å². The average molecular weight is 206 g/mol. The van der Waals surface area contributed by atoms with E-state index in [1.165, 1.54) is 12.8 Å². The van der Waals surface area contributed by atoms with Crippen LogP contribution in [0.2, 0.25) is 0 Å². The minimum atomic E-state index is 0. The lowest BCUT2D eigenvalue weighted by Crippen LogP contribution is -1.27. The van der Waals surface area contributed by atoms with Gasteiger partial charge in [0, 0.05) is 0 Å². The highest BCUT2D eigenvalue weighted by atomic mass is 16.1. The lowest BCUT2D eigenvalue weighted by Gasteiger charge is -1.48. The molecule has 0 fully saturated rings. The summed E-state index contributed by atoms with van der Waals surface area (Å²) >= 11 is 0. The number of hydrogen-bond acceptors (Lipinski definition) is 4. The first kappa shape index (κ1) is 38.6. The summed E-state index contributed by atoms with van der Waals surface area (Å²) in [5, 5.41) is 10.8. The van der Waals surface area contributed by atoms with E-state index in [1.54, 1.807) is 0 Å². The molecular weight excluding hydrogens is 180 g/mol. The Bertz CT molecular complexity index is 88.7. The fraction of sp³-hybridized carbons (Fsp3) is 0.800. The van der Waals surface area contributed by atoms with Gasteiger partial charge in [0.1, 0.15) is 0 Å². The van der Waals surface area contributed by atoms with Crippen LogP contribution in [0.4, 0.5) is 0 Å². The summed E-state index contributed by atoms with van der Waals surface area (Å²) in [6.07, 6.45) is 4.00. The summed E-state index contributed by atoms with van der Waals surface area (Å²) in [6.45, 7) is 8.50. The largest absolute Gasteiger partial charge is 0.231 e. The van der Waals surface area contributed by atoms with Crippen LogP contribution in [-0.4, -0.2) is 12.2 Å². The zero-order valence-electron chi connectivity index (χ0n) is 8.23. The van der Waals surface area contributed by atoms with Gasteiger partial charge in [0.2, 0.25) is 12.2 Å². The average Bonchev–Trinajstić information content (AvgIpc) is 1.92. The first-order valence-corrected chi connectivity index (χ1v) is 3.74. The summed E-state index contributed by atoms with van der Waals surface area (Å²) in [6, 6.07) is 0. The van der Waals surface area contributed by atoms with Crippen LogP contribution in [-0.2, 0) is 9.59 Å². The molecule has 14 heavy (non-hydrogen) atoms. The topological polar surface area (TPSA) is 81.8 Å². The first-order chi connectivity index (χ1) is 5.66. The van der Waals surface area contributed by atoms with Crippen LogP contribution in [0, 0.1) is 10.8 Å². The minimum Gasteiger partial charge on any atom is -0.222 e. The van der Waals surface area contributed by atoms with Gasteiger partial charge in [0.05, 0.1) is 0 Å². The molecule has 0 unspecified atom stereocenters.